The lowest BCUT2D eigenvalue weighted by Gasteiger charge is -2.40. The fourth-order valence-electron chi connectivity index (χ4n) is 3.18. The highest BCUT2D eigenvalue weighted by Crippen LogP contribution is 2.31. The van der Waals surface area contributed by atoms with Crippen molar-refractivity contribution in [3.8, 4) is 5.75 Å². The molecular weight excluding hydrogens is 290 g/mol. The Balaban J connectivity index is 1.85. The van der Waals surface area contributed by atoms with Crippen LogP contribution >= 0.6 is 0 Å². The van der Waals surface area contributed by atoms with Gasteiger partial charge in [0, 0.05) is 38.4 Å². The number of benzene rings is 1. The molecular formula is C18H23N3O2. The second-order valence-corrected chi connectivity index (χ2v) is 5.99. The summed E-state index contributed by atoms with van der Waals surface area (Å²) in [5.41, 5.74) is 1.86. The summed E-state index contributed by atoms with van der Waals surface area (Å²) >= 11 is 0. The van der Waals surface area contributed by atoms with Crippen LogP contribution in [0.3, 0.4) is 0 Å². The Kier molecular flexibility index (Phi) is 4.39. The van der Waals surface area contributed by atoms with Crippen molar-refractivity contribution in [3.63, 3.8) is 0 Å². The topological polar surface area (TPSA) is 37.7 Å². The number of nitrogens with zero attached hydrogens (tertiary/aromatic N) is 3. The number of hydrogen-bond donors (Lipinski definition) is 0. The maximum Gasteiger partial charge on any atom is 0.270 e. The average molecular weight is 313 g/mol. The van der Waals surface area contributed by atoms with Crippen molar-refractivity contribution in [2.45, 2.75) is 6.04 Å². The molecule has 23 heavy (non-hydrogen) atoms. The summed E-state index contributed by atoms with van der Waals surface area (Å²) in [5, 5.41) is 0. The maximum atomic E-state index is 12.8. The third-order valence-corrected chi connectivity index (χ3v) is 4.60. The Morgan fingerprint density at radius 2 is 1.91 bits per heavy atom. The zero-order chi connectivity index (χ0) is 16.4. The van der Waals surface area contributed by atoms with Crippen LogP contribution < -0.4 is 4.74 Å². The fraction of sp³-hybridized carbons (Fsp3) is 0.389. The van der Waals surface area contributed by atoms with E-state index in [9.17, 15) is 4.79 Å². The quantitative estimate of drug-likeness (QED) is 0.871. The summed E-state index contributed by atoms with van der Waals surface area (Å²) in [6, 6.07) is 12.0. The zero-order valence-corrected chi connectivity index (χ0v) is 13.9. The highest BCUT2D eigenvalue weighted by atomic mass is 16.5. The Hall–Kier alpha value is -2.27. The molecule has 0 N–H and O–H groups in total. The van der Waals surface area contributed by atoms with Crippen molar-refractivity contribution >= 4 is 5.91 Å². The molecule has 1 saturated heterocycles. The SMILES string of the molecule is COc1ccccc1[C@H]1CN(C(=O)c2cccn2C)CCN1C. The Morgan fingerprint density at radius 3 is 2.61 bits per heavy atom. The number of para-hydroxylation sites is 1. The van der Waals surface area contributed by atoms with Gasteiger partial charge in [0.2, 0.25) is 0 Å². The molecule has 1 aliphatic heterocycles. The molecule has 1 aliphatic rings. The van der Waals surface area contributed by atoms with E-state index in [0.717, 1.165) is 30.1 Å². The summed E-state index contributed by atoms with van der Waals surface area (Å²) in [6.45, 7) is 2.26. The van der Waals surface area contributed by atoms with E-state index in [4.69, 9.17) is 4.74 Å². The van der Waals surface area contributed by atoms with Crippen LogP contribution in [0.1, 0.15) is 22.1 Å². The van der Waals surface area contributed by atoms with E-state index >= 15 is 0 Å². The minimum atomic E-state index is 0.0884. The van der Waals surface area contributed by atoms with Gasteiger partial charge in [-0.15, -0.1) is 0 Å². The van der Waals surface area contributed by atoms with E-state index in [1.165, 1.54) is 0 Å². The highest BCUT2D eigenvalue weighted by molar-refractivity contribution is 5.92. The van der Waals surface area contributed by atoms with Crippen molar-refractivity contribution in [2.24, 2.45) is 7.05 Å². The van der Waals surface area contributed by atoms with E-state index < -0.39 is 0 Å². The van der Waals surface area contributed by atoms with Crippen molar-refractivity contribution in [1.29, 1.82) is 0 Å². The van der Waals surface area contributed by atoms with Gasteiger partial charge in [0.15, 0.2) is 0 Å². The first-order valence-corrected chi connectivity index (χ1v) is 7.85. The van der Waals surface area contributed by atoms with Gasteiger partial charge < -0.3 is 14.2 Å². The molecule has 1 fully saturated rings. The third-order valence-electron chi connectivity index (χ3n) is 4.60. The molecule has 2 aromatic rings. The number of amides is 1. The first kappa shape index (κ1) is 15.6. The highest BCUT2D eigenvalue weighted by Gasteiger charge is 2.31. The molecule has 3 rings (SSSR count). The van der Waals surface area contributed by atoms with Crippen molar-refractivity contribution in [1.82, 2.24) is 14.4 Å². The van der Waals surface area contributed by atoms with Gasteiger partial charge in [-0.3, -0.25) is 9.69 Å². The molecule has 1 aromatic heterocycles. The molecule has 122 valence electrons. The summed E-state index contributed by atoms with van der Waals surface area (Å²) < 4.78 is 7.37. The first-order chi connectivity index (χ1) is 11.1. The number of aryl methyl sites for hydroxylation is 1. The second kappa shape index (κ2) is 6.46. The van der Waals surface area contributed by atoms with Crippen molar-refractivity contribution in [3.05, 3.63) is 53.9 Å². The Morgan fingerprint density at radius 1 is 1.13 bits per heavy atom. The monoisotopic (exact) mass is 313 g/mol. The number of hydrogen-bond acceptors (Lipinski definition) is 3. The number of methoxy groups -OCH3 is 1. The maximum absolute atomic E-state index is 12.8. The van der Waals surface area contributed by atoms with Gasteiger partial charge in [-0.2, -0.15) is 0 Å². The number of carbonyl (C=O) groups is 1. The van der Waals surface area contributed by atoms with Gasteiger partial charge in [-0.1, -0.05) is 18.2 Å². The lowest BCUT2D eigenvalue weighted by molar-refractivity contribution is 0.0533. The molecule has 0 radical (unpaired) electrons. The summed E-state index contributed by atoms with van der Waals surface area (Å²) in [4.78, 5) is 17.0. The van der Waals surface area contributed by atoms with Crippen LogP contribution in [0.5, 0.6) is 5.75 Å². The number of likely N-dealkylation sites (N-methyl/N-ethyl adjacent to an activating group) is 1. The number of piperazine rings is 1. The number of rotatable bonds is 3. The Bertz CT molecular complexity index is 695. The van der Waals surface area contributed by atoms with Crippen LogP contribution in [0.2, 0.25) is 0 Å². The summed E-state index contributed by atoms with van der Waals surface area (Å²) in [7, 11) is 5.69. The first-order valence-electron chi connectivity index (χ1n) is 7.85. The standard InChI is InChI=1S/C18H23N3O2/c1-19-10-6-8-15(19)18(22)21-12-11-20(2)16(13-21)14-7-4-5-9-17(14)23-3/h4-10,16H,11-13H2,1-3H3/t16-/m1/s1. The van der Waals surface area contributed by atoms with Crippen LogP contribution in [-0.2, 0) is 7.05 Å². The average Bonchev–Trinajstić information content (AvgIpc) is 3.00. The third kappa shape index (κ3) is 2.97. The predicted octanol–water partition coefficient (Wildman–Crippen LogP) is 2.16. The van der Waals surface area contributed by atoms with Gasteiger partial charge in [-0.25, -0.2) is 0 Å². The lowest BCUT2D eigenvalue weighted by Crippen LogP contribution is -2.49. The molecule has 1 aromatic carbocycles. The number of ether oxygens (including phenoxy) is 1. The van der Waals surface area contributed by atoms with E-state index in [0.29, 0.717) is 6.54 Å². The summed E-state index contributed by atoms with van der Waals surface area (Å²) in [5.74, 6) is 0.961. The minimum Gasteiger partial charge on any atom is -0.496 e. The van der Waals surface area contributed by atoms with Crippen LogP contribution in [0.15, 0.2) is 42.6 Å². The molecule has 0 aliphatic carbocycles. The normalized spacial score (nSPS) is 18.9. The zero-order valence-electron chi connectivity index (χ0n) is 13.9. The van der Waals surface area contributed by atoms with E-state index in [1.807, 2.05) is 53.0 Å². The van der Waals surface area contributed by atoms with Crippen LogP contribution in [0, 0.1) is 0 Å². The number of carbonyl (C=O) groups excluding carboxylic acids is 1. The largest absolute Gasteiger partial charge is 0.496 e. The molecule has 0 bridgehead atoms. The van der Waals surface area contributed by atoms with Crippen LogP contribution in [-0.4, -0.2) is 54.1 Å². The van der Waals surface area contributed by atoms with E-state index in [1.54, 1.807) is 7.11 Å². The molecule has 0 unspecified atom stereocenters. The molecule has 5 nitrogen and oxygen atoms in total. The Labute approximate surface area is 137 Å². The molecule has 0 saturated carbocycles. The molecule has 0 spiro atoms. The van der Waals surface area contributed by atoms with Crippen molar-refractivity contribution < 1.29 is 9.53 Å². The fourth-order valence-corrected chi connectivity index (χ4v) is 3.18. The predicted molar refractivity (Wildman–Crippen MR) is 89.7 cm³/mol. The van der Waals surface area contributed by atoms with E-state index in [-0.39, 0.29) is 11.9 Å². The minimum absolute atomic E-state index is 0.0884. The summed E-state index contributed by atoms with van der Waals surface area (Å²) in [6.07, 6.45) is 1.90. The molecule has 1 atom stereocenters. The van der Waals surface area contributed by atoms with Gasteiger partial charge in [-0.05, 0) is 25.2 Å². The van der Waals surface area contributed by atoms with Crippen LogP contribution in [0.4, 0.5) is 0 Å². The van der Waals surface area contributed by atoms with Gasteiger partial charge >= 0.3 is 0 Å². The van der Waals surface area contributed by atoms with Gasteiger partial charge in [0.1, 0.15) is 11.4 Å². The molecule has 2 heterocycles. The van der Waals surface area contributed by atoms with Crippen molar-refractivity contribution in [2.75, 3.05) is 33.8 Å². The number of aromatic nitrogens is 1. The van der Waals surface area contributed by atoms with Gasteiger partial charge in [0.25, 0.3) is 5.91 Å². The lowest BCUT2D eigenvalue weighted by atomic mass is 10.0. The van der Waals surface area contributed by atoms with E-state index in [2.05, 4.69) is 18.0 Å². The smallest absolute Gasteiger partial charge is 0.270 e. The second-order valence-electron chi connectivity index (χ2n) is 5.99. The van der Waals surface area contributed by atoms with Gasteiger partial charge in [0.05, 0.1) is 13.2 Å². The van der Waals surface area contributed by atoms with Crippen LogP contribution in [0.25, 0.3) is 0 Å². The molecule has 1 amide bonds. The molecule has 5 heteroatoms.